The third-order valence-electron chi connectivity index (χ3n) is 3.73. The van der Waals surface area contributed by atoms with Gasteiger partial charge in [-0.1, -0.05) is 39.7 Å². The highest BCUT2D eigenvalue weighted by Gasteiger charge is 2.13. The predicted octanol–water partition coefficient (Wildman–Crippen LogP) is 4.70. The fraction of sp³-hybridized carbons (Fsp3) is 0.294. The van der Waals surface area contributed by atoms with Gasteiger partial charge >= 0.3 is 0 Å². The van der Waals surface area contributed by atoms with E-state index in [2.05, 4.69) is 28.1 Å². The van der Waals surface area contributed by atoms with Crippen molar-refractivity contribution in [3.8, 4) is 5.75 Å². The normalized spacial score (nSPS) is 14.6. The van der Waals surface area contributed by atoms with E-state index in [1.807, 2.05) is 24.3 Å². The summed E-state index contributed by atoms with van der Waals surface area (Å²) in [4.78, 5) is 0. The van der Waals surface area contributed by atoms with E-state index in [0.717, 1.165) is 35.2 Å². The second kappa shape index (κ2) is 6.39. The Morgan fingerprint density at radius 1 is 1.24 bits per heavy atom. The summed E-state index contributed by atoms with van der Waals surface area (Å²) in [5.74, 6) is 0.998. The van der Waals surface area contributed by atoms with Crippen molar-refractivity contribution < 1.29 is 9.84 Å². The molecule has 0 amide bonds. The molecule has 1 N–H and O–H groups in total. The van der Waals surface area contributed by atoms with Gasteiger partial charge in [0.05, 0.1) is 12.7 Å². The van der Waals surface area contributed by atoms with Crippen molar-refractivity contribution in [3.05, 3.63) is 62.6 Å². The number of rotatable bonds is 4. The molecule has 2 aromatic rings. The Labute approximate surface area is 137 Å². The number of aliphatic hydroxyl groups is 1. The van der Waals surface area contributed by atoms with Crippen molar-refractivity contribution in [3.63, 3.8) is 0 Å². The van der Waals surface area contributed by atoms with Gasteiger partial charge in [-0.3, -0.25) is 0 Å². The second-order valence-electron chi connectivity index (χ2n) is 5.30. The Morgan fingerprint density at radius 2 is 2.10 bits per heavy atom. The van der Waals surface area contributed by atoms with Crippen LogP contribution in [0.3, 0.4) is 0 Å². The lowest BCUT2D eigenvalue weighted by Gasteiger charge is -2.12. The molecular formula is C17H16BrClO2. The Bertz CT molecular complexity index is 637. The van der Waals surface area contributed by atoms with Crippen LogP contribution >= 0.6 is 27.5 Å². The predicted molar refractivity (Wildman–Crippen MR) is 88.1 cm³/mol. The molecule has 0 radical (unpaired) electrons. The van der Waals surface area contributed by atoms with E-state index in [9.17, 15) is 5.11 Å². The molecule has 110 valence electrons. The van der Waals surface area contributed by atoms with Gasteiger partial charge in [-0.25, -0.2) is 0 Å². The SMILES string of the molecule is OC(CCc1ccc2c(c1)CCO2)c1cc(Cl)cc(Br)c1. The van der Waals surface area contributed by atoms with E-state index in [-0.39, 0.29) is 0 Å². The van der Waals surface area contributed by atoms with Crippen molar-refractivity contribution >= 4 is 27.5 Å². The van der Waals surface area contributed by atoms with Gasteiger partial charge in [0.25, 0.3) is 0 Å². The minimum absolute atomic E-state index is 0.510. The molecule has 0 aliphatic carbocycles. The number of hydrogen-bond acceptors (Lipinski definition) is 2. The molecule has 2 aromatic carbocycles. The van der Waals surface area contributed by atoms with Crippen molar-refractivity contribution in [2.75, 3.05) is 6.61 Å². The largest absolute Gasteiger partial charge is 0.493 e. The van der Waals surface area contributed by atoms with Gasteiger partial charge in [-0.15, -0.1) is 0 Å². The molecule has 0 saturated heterocycles. The van der Waals surface area contributed by atoms with Crippen LogP contribution in [-0.4, -0.2) is 11.7 Å². The summed E-state index contributed by atoms with van der Waals surface area (Å²) in [6.45, 7) is 0.776. The number of hydrogen-bond donors (Lipinski definition) is 1. The van der Waals surface area contributed by atoms with Crippen LogP contribution in [0.1, 0.15) is 29.2 Å². The number of halogens is 2. The van der Waals surface area contributed by atoms with Gasteiger partial charge < -0.3 is 9.84 Å². The van der Waals surface area contributed by atoms with Crippen LogP contribution in [0, 0.1) is 0 Å². The molecule has 0 fully saturated rings. The number of aryl methyl sites for hydroxylation is 1. The van der Waals surface area contributed by atoms with Crippen LogP contribution in [0.15, 0.2) is 40.9 Å². The van der Waals surface area contributed by atoms with Gasteiger partial charge in [-0.05, 0) is 53.8 Å². The van der Waals surface area contributed by atoms with E-state index < -0.39 is 6.10 Å². The minimum Gasteiger partial charge on any atom is -0.493 e. The van der Waals surface area contributed by atoms with Gasteiger partial charge in [0.15, 0.2) is 0 Å². The van der Waals surface area contributed by atoms with E-state index in [1.54, 1.807) is 0 Å². The molecule has 0 bridgehead atoms. The van der Waals surface area contributed by atoms with Crippen molar-refractivity contribution in [2.24, 2.45) is 0 Å². The van der Waals surface area contributed by atoms with E-state index in [1.165, 1.54) is 11.1 Å². The summed E-state index contributed by atoms with van der Waals surface area (Å²) in [6.07, 6.45) is 1.97. The zero-order valence-electron chi connectivity index (χ0n) is 11.5. The zero-order valence-corrected chi connectivity index (χ0v) is 13.8. The maximum atomic E-state index is 10.3. The molecule has 1 aliphatic rings. The molecule has 1 heterocycles. The molecule has 0 aromatic heterocycles. The monoisotopic (exact) mass is 366 g/mol. The van der Waals surface area contributed by atoms with E-state index >= 15 is 0 Å². The van der Waals surface area contributed by atoms with Crippen LogP contribution in [0.5, 0.6) is 5.75 Å². The van der Waals surface area contributed by atoms with E-state index in [0.29, 0.717) is 11.4 Å². The van der Waals surface area contributed by atoms with Crippen LogP contribution in [0.2, 0.25) is 5.02 Å². The molecule has 2 nitrogen and oxygen atoms in total. The van der Waals surface area contributed by atoms with Gasteiger partial charge in [-0.2, -0.15) is 0 Å². The second-order valence-corrected chi connectivity index (χ2v) is 6.65. The van der Waals surface area contributed by atoms with Crippen molar-refractivity contribution in [1.29, 1.82) is 0 Å². The Morgan fingerprint density at radius 3 is 2.90 bits per heavy atom. The fourth-order valence-electron chi connectivity index (χ4n) is 2.63. The van der Waals surface area contributed by atoms with Crippen LogP contribution in [-0.2, 0) is 12.8 Å². The maximum Gasteiger partial charge on any atom is 0.122 e. The summed E-state index contributed by atoms with van der Waals surface area (Å²) >= 11 is 9.42. The first-order chi connectivity index (χ1) is 10.1. The van der Waals surface area contributed by atoms with Gasteiger partial charge in [0.2, 0.25) is 0 Å². The average Bonchev–Trinajstić information content (AvgIpc) is 2.91. The summed E-state index contributed by atoms with van der Waals surface area (Å²) in [5, 5.41) is 11.0. The molecule has 21 heavy (non-hydrogen) atoms. The molecule has 4 heteroatoms. The van der Waals surface area contributed by atoms with Crippen molar-refractivity contribution in [2.45, 2.75) is 25.4 Å². The highest BCUT2D eigenvalue weighted by atomic mass is 79.9. The number of ether oxygens (including phenoxy) is 1. The molecule has 3 rings (SSSR count). The van der Waals surface area contributed by atoms with E-state index in [4.69, 9.17) is 16.3 Å². The van der Waals surface area contributed by atoms with Crippen LogP contribution in [0.4, 0.5) is 0 Å². The Kier molecular flexibility index (Phi) is 4.53. The highest BCUT2D eigenvalue weighted by Crippen LogP contribution is 2.29. The molecule has 1 aliphatic heterocycles. The smallest absolute Gasteiger partial charge is 0.122 e. The first-order valence-corrected chi connectivity index (χ1v) is 8.17. The van der Waals surface area contributed by atoms with Gasteiger partial charge in [0.1, 0.15) is 5.75 Å². The molecule has 0 saturated carbocycles. The highest BCUT2D eigenvalue weighted by molar-refractivity contribution is 9.10. The first kappa shape index (κ1) is 14.9. The van der Waals surface area contributed by atoms with Crippen LogP contribution < -0.4 is 4.74 Å². The fourth-order valence-corrected chi connectivity index (χ4v) is 3.52. The third-order valence-corrected chi connectivity index (χ3v) is 4.41. The summed E-state index contributed by atoms with van der Waals surface area (Å²) < 4.78 is 6.39. The first-order valence-electron chi connectivity index (χ1n) is 7.00. The third kappa shape index (κ3) is 3.60. The van der Waals surface area contributed by atoms with Gasteiger partial charge in [0, 0.05) is 15.9 Å². The zero-order chi connectivity index (χ0) is 14.8. The summed E-state index contributed by atoms with van der Waals surface area (Å²) in [6, 6.07) is 11.8. The quantitative estimate of drug-likeness (QED) is 0.848. The van der Waals surface area contributed by atoms with Crippen molar-refractivity contribution in [1.82, 2.24) is 0 Å². The Hall–Kier alpha value is -1.03. The number of aliphatic hydroxyl groups excluding tert-OH is 1. The molecule has 0 spiro atoms. The summed E-state index contributed by atoms with van der Waals surface area (Å²) in [7, 11) is 0. The number of benzene rings is 2. The molecule has 1 atom stereocenters. The topological polar surface area (TPSA) is 29.5 Å². The lowest BCUT2D eigenvalue weighted by atomic mass is 9.99. The number of fused-ring (bicyclic) bond motifs is 1. The lowest BCUT2D eigenvalue weighted by Crippen LogP contribution is -2.00. The lowest BCUT2D eigenvalue weighted by molar-refractivity contribution is 0.168. The molecule has 1 unspecified atom stereocenters. The van der Waals surface area contributed by atoms with Crippen LogP contribution in [0.25, 0.3) is 0 Å². The average molecular weight is 368 g/mol. The molecular weight excluding hydrogens is 352 g/mol. The maximum absolute atomic E-state index is 10.3. The Balaban J connectivity index is 1.66. The standard InChI is InChI=1S/C17H16BrClO2/c18-14-8-13(9-15(19)10-14)16(20)3-1-11-2-4-17-12(7-11)5-6-21-17/h2,4,7-10,16,20H,1,3,5-6H2. The summed E-state index contributed by atoms with van der Waals surface area (Å²) in [5.41, 5.74) is 3.35. The minimum atomic E-state index is -0.510.